The molecule has 0 unspecified atom stereocenters. The molecule has 0 atom stereocenters. The molecule has 1 fully saturated rings. The molecule has 0 spiro atoms. The third-order valence-electron chi connectivity index (χ3n) is 4.21. The number of halogens is 2. The van der Waals surface area contributed by atoms with E-state index >= 15 is 0 Å². The van der Waals surface area contributed by atoms with Crippen molar-refractivity contribution in [1.29, 1.82) is 0 Å². The van der Waals surface area contributed by atoms with Crippen molar-refractivity contribution >= 4 is 37.5 Å². The standard InChI is InChI=1S/C15H22Br2N2/c1-10-3-5-13(6-4-10)19(2)9-11-7-12(16)8-14(17)15(11)18/h7-8,10,13H,3-6,9,18H2,1-2H3. The molecule has 1 aliphatic carbocycles. The van der Waals surface area contributed by atoms with Gasteiger partial charge in [0, 0.05) is 21.5 Å². The predicted octanol–water partition coefficient (Wildman–Crippen LogP) is 4.80. The van der Waals surface area contributed by atoms with Crippen LogP contribution in [0.1, 0.15) is 38.2 Å². The minimum Gasteiger partial charge on any atom is -0.398 e. The number of nitrogens with zero attached hydrogens (tertiary/aromatic N) is 1. The molecule has 1 aromatic rings. The van der Waals surface area contributed by atoms with Crippen LogP contribution in [0.2, 0.25) is 0 Å². The summed E-state index contributed by atoms with van der Waals surface area (Å²) in [5, 5.41) is 0. The van der Waals surface area contributed by atoms with Crippen LogP contribution in [-0.2, 0) is 6.54 Å². The Balaban J connectivity index is 2.04. The molecule has 0 heterocycles. The molecule has 4 heteroatoms. The van der Waals surface area contributed by atoms with Crippen molar-refractivity contribution in [3.63, 3.8) is 0 Å². The van der Waals surface area contributed by atoms with Gasteiger partial charge in [-0.05, 0) is 72.3 Å². The van der Waals surface area contributed by atoms with Crippen molar-refractivity contribution in [3.8, 4) is 0 Å². The van der Waals surface area contributed by atoms with E-state index in [4.69, 9.17) is 5.73 Å². The lowest BCUT2D eigenvalue weighted by atomic mass is 9.86. The largest absolute Gasteiger partial charge is 0.398 e. The van der Waals surface area contributed by atoms with E-state index in [-0.39, 0.29) is 0 Å². The highest BCUT2D eigenvalue weighted by Crippen LogP contribution is 2.31. The summed E-state index contributed by atoms with van der Waals surface area (Å²) in [6.45, 7) is 3.28. The van der Waals surface area contributed by atoms with Crippen LogP contribution in [0.4, 0.5) is 5.69 Å². The molecule has 2 rings (SSSR count). The Kier molecular flexibility index (Phi) is 5.32. The van der Waals surface area contributed by atoms with Crippen molar-refractivity contribution in [2.45, 2.75) is 45.2 Å². The molecule has 0 amide bonds. The fourth-order valence-corrected chi connectivity index (χ4v) is 4.16. The van der Waals surface area contributed by atoms with Gasteiger partial charge in [-0.2, -0.15) is 0 Å². The molecule has 2 nitrogen and oxygen atoms in total. The third kappa shape index (κ3) is 3.96. The molecule has 0 saturated heterocycles. The lowest BCUT2D eigenvalue weighted by Crippen LogP contribution is -2.34. The van der Waals surface area contributed by atoms with Gasteiger partial charge >= 0.3 is 0 Å². The van der Waals surface area contributed by atoms with Crippen molar-refractivity contribution in [3.05, 3.63) is 26.6 Å². The Morgan fingerprint density at radius 3 is 2.47 bits per heavy atom. The topological polar surface area (TPSA) is 29.3 Å². The average Bonchev–Trinajstić information content (AvgIpc) is 2.36. The van der Waals surface area contributed by atoms with Crippen molar-refractivity contribution < 1.29 is 0 Å². The van der Waals surface area contributed by atoms with Gasteiger partial charge in [-0.1, -0.05) is 22.9 Å². The monoisotopic (exact) mass is 388 g/mol. The minimum atomic E-state index is 0.702. The third-order valence-corrected chi connectivity index (χ3v) is 5.32. The number of nitrogens with two attached hydrogens (primary N) is 1. The first-order valence-electron chi connectivity index (χ1n) is 6.91. The molecule has 1 aromatic carbocycles. The first-order valence-corrected chi connectivity index (χ1v) is 8.49. The minimum absolute atomic E-state index is 0.702. The van der Waals surface area contributed by atoms with Gasteiger partial charge in [0.25, 0.3) is 0 Å². The number of rotatable bonds is 3. The molecular formula is C15H22Br2N2. The van der Waals surface area contributed by atoms with Crippen LogP contribution in [0.15, 0.2) is 21.1 Å². The SMILES string of the molecule is CC1CCC(N(C)Cc2cc(Br)cc(Br)c2N)CC1. The molecule has 0 radical (unpaired) electrons. The summed E-state index contributed by atoms with van der Waals surface area (Å²) < 4.78 is 2.05. The van der Waals surface area contributed by atoms with Gasteiger partial charge in [0.05, 0.1) is 5.69 Å². The van der Waals surface area contributed by atoms with Gasteiger partial charge in [-0.15, -0.1) is 0 Å². The van der Waals surface area contributed by atoms with Crippen LogP contribution in [0.3, 0.4) is 0 Å². The zero-order valence-corrected chi connectivity index (χ0v) is 14.8. The van der Waals surface area contributed by atoms with Gasteiger partial charge in [-0.25, -0.2) is 0 Å². The summed E-state index contributed by atoms with van der Waals surface area (Å²) >= 11 is 7.05. The summed E-state index contributed by atoms with van der Waals surface area (Å²) in [4.78, 5) is 2.45. The van der Waals surface area contributed by atoms with E-state index in [0.717, 1.165) is 27.1 Å². The summed E-state index contributed by atoms with van der Waals surface area (Å²) in [6, 6.07) is 4.83. The molecule has 0 aliphatic heterocycles. The highest BCUT2D eigenvalue weighted by molar-refractivity contribution is 9.11. The predicted molar refractivity (Wildman–Crippen MR) is 89.1 cm³/mol. The molecular weight excluding hydrogens is 368 g/mol. The second kappa shape index (κ2) is 6.59. The van der Waals surface area contributed by atoms with E-state index in [9.17, 15) is 0 Å². The molecule has 106 valence electrons. The zero-order chi connectivity index (χ0) is 14.0. The highest BCUT2D eigenvalue weighted by Gasteiger charge is 2.22. The molecule has 2 N–H and O–H groups in total. The second-order valence-corrected chi connectivity index (χ2v) is 7.56. The van der Waals surface area contributed by atoms with Crippen LogP contribution >= 0.6 is 31.9 Å². The lowest BCUT2D eigenvalue weighted by molar-refractivity contribution is 0.164. The first kappa shape index (κ1) is 15.3. The maximum atomic E-state index is 6.16. The molecule has 0 aromatic heterocycles. The van der Waals surface area contributed by atoms with E-state index in [2.05, 4.69) is 56.8 Å². The fourth-order valence-electron chi connectivity index (χ4n) is 2.85. The molecule has 1 saturated carbocycles. The van der Waals surface area contributed by atoms with E-state index in [1.54, 1.807) is 0 Å². The van der Waals surface area contributed by atoms with Crippen molar-refractivity contribution in [2.75, 3.05) is 12.8 Å². The lowest BCUT2D eigenvalue weighted by Gasteiger charge is -2.34. The first-order chi connectivity index (χ1) is 8.97. The van der Waals surface area contributed by atoms with Crippen LogP contribution in [0, 0.1) is 5.92 Å². The average molecular weight is 390 g/mol. The Morgan fingerprint density at radius 2 is 1.84 bits per heavy atom. The fraction of sp³-hybridized carbons (Fsp3) is 0.600. The van der Waals surface area contributed by atoms with Crippen molar-refractivity contribution in [2.24, 2.45) is 5.92 Å². The van der Waals surface area contributed by atoms with E-state index < -0.39 is 0 Å². The summed E-state index contributed by atoms with van der Waals surface area (Å²) in [5.41, 5.74) is 8.21. The molecule has 0 bridgehead atoms. The second-order valence-electron chi connectivity index (χ2n) is 5.79. The Bertz CT molecular complexity index is 440. The van der Waals surface area contributed by atoms with Gasteiger partial charge in [0.15, 0.2) is 0 Å². The van der Waals surface area contributed by atoms with Crippen molar-refractivity contribution in [1.82, 2.24) is 4.90 Å². The van der Waals surface area contributed by atoms with Crippen LogP contribution in [0.5, 0.6) is 0 Å². The van der Waals surface area contributed by atoms with E-state index in [1.807, 2.05) is 6.07 Å². The number of benzene rings is 1. The zero-order valence-electron chi connectivity index (χ0n) is 11.6. The van der Waals surface area contributed by atoms with E-state index in [0.29, 0.717) is 6.04 Å². The highest BCUT2D eigenvalue weighted by atomic mass is 79.9. The van der Waals surface area contributed by atoms with Crippen LogP contribution in [0.25, 0.3) is 0 Å². The number of hydrogen-bond acceptors (Lipinski definition) is 2. The summed E-state index contributed by atoms with van der Waals surface area (Å²) in [7, 11) is 2.22. The number of hydrogen-bond donors (Lipinski definition) is 1. The normalized spacial score (nSPS) is 23.8. The number of nitrogen functional groups attached to an aromatic ring is 1. The maximum Gasteiger partial charge on any atom is 0.0504 e. The van der Waals surface area contributed by atoms with Gasteiger partial charge in [0.2, 0.25) is 0 Å². The Labute approximate surface area is 133 Å². The Hall–Kier alpha value is -0.0600. The van der Waals surface area contributed by atoms with E-state index in [1.165, 1.54) is 31.2 Å². The summed E-state index contributed by atoms with van der Waals surface area (Å²) in [6.07, 6.45) is 5.33. The molecule has 1 aliphatic rings. The van der Waals surface area contributed by atoms with Gasteiger partial charge in [-0.3, -0.25) is 4.90 Å². The van der Waals surface area contributed by atoms with Gasteiger partial charge < -0.3 is 5.73 Å². The van der Waals surface area contributed by atoms with Crippen LogP contribution in [-0.4, -0.2) is 18.0 Å². The Morgan fingerprint density at radius 1 is 1.21 bits per heavy atom. The smallest absolute Gasteiger partial charge is 0.0504 e. The summed E-state index contributed by atoms with van der Waals surface area (Å²) in [5.74, 6) is 0.898. The van der Waals surface area contributed by atoms with Crippen LogP contribution < -0.4 is 5.73 Å². The molecule has 19 heavy (non-hydrogen) atoms. The quantitative estimate of drug-likeness (QED) is 0.752. The number of anilines is 1. The maximum absolute atomic E-state index is 6.16. The van der Waals surface area contributed by atoms with Gasteiger partial charge in [0.1, 0.15) is 0 Å².